The third kappa shape index (κ3) is 18.2. The molecule has 0 radical (unpaired) electrons. The van der Waals surface area contributed by atoms with E-state index in [1.54, 1.807) is 0 Å². The molecule has 138 valence electrons. The summed E-state index contributed by atoms with van der Waals surface area (Å²) in [6.07, 6.45) is 4.36. The SMILES string of the molecule is C#CCOC(=O)NCCOCCOCCOCCOCCC(=O)O. The molecule has 0 spiro atoms. The van der Waals surface area contributed by atoms with Crippen molar-refractivity contribution in [1.29, 1.82) is 0 Å². The van der Waals surface area contributed by atoms with Crippen molar-refractivity contribution in [3.8, 4) is 12.3 Å². The Hall–Kier alpha value is -1.86. The molecule has 0 saturated heterocycles. The van der Waals surface area contributed by atoms with E-state index < -0.39 is 12.1 Å². The lowest BCUT2D eigenvalue weighted by Crippen LogP contribution is -2.28. The number of hydrogen-bond acceptors (Lipinski definition) is 7. The summed E-state index contributed by atoms with van der Waals surface area (Å²) in [5, 5.41) is 10.9. The Labute approximate surface area is 141 Å². The predicted octanol–water partition coefficient (Wildman–Crippen LogP) is -0.113. The van der Waals surface area contributed by atoms with Gasteiger partial charge in [0.2, 0.25) is 0 Å². The average molecular weight is 347 g/mol. The van der Waals surface area contributed by atoms with Gasteiger partial charge in [0.05, 0.1) is 59.3 Å². The molecule has 2 N–H and O–H groups in total. The quantitative estimate of drug-likeness (QED) is 0.294. The maximum atomic E-state index is 11.0. The van der Waals surface area contributed by atoms with Crippen LogP contribution in [0.3, 0.4) is 0 Å². The average Bonchev–Trinajstić information content (AvgIpc) is 2.56. The molecule has 0 aromatic carbocycles. The van der Waals surface area contributed by atoms with Crippen LogP contribution in [-0.4, -0.2) is 83.2 Å². The van der Waals surface area contributed by atoms with E-state index in [-0.39, 0.29) is 19.6 Å². The van der Waals surface area contributed by atoms with Gasteiger partial charge in [-0.3, -0.25) is 4.79 Å². The summed E-state index contributed by atoms with van der Waals surface area (Å²) in [7, 11) is 0. The Balaban J connectivity index is 3.09. The normalized spacial score (nSPS) is 10.1. The van der Waals surface area contributed by atoms with Crippen LogP contribution in [0.2, 0.25) is 0 Å². The summed E-state index contributed by atoms with van der Waals surface area (Å²) in [4.78, 5) is 21.2. The van der Waals surface area contributed by atoms with Crippen LogP contribution in [0.5, 0.6) is 0 Å². The van der Waals surface area contributed by atoms with E-state index in [2.05, 4.69) is 16.0 Å². The highest BCUT2D eigenvalue weighted by molar-refractivity contribution is 5.67. The maximum Gasteiger partial charge on any atom is 0.408 e. The zero-order valence-electron chi connectivity index (χ0n) is 13.7. The number of carbonyl (C=O) groups excluding carboxylic acids is 1. The van der Waals surface area contributed by atoms with Gasteiger partial charge in [0.25, 0.3) is 0 Å². The summed E-state index contributed by atoms with van der Waals surface area (Å²) in [6.45, 7) is 3.21. The van der Waals surface area contributed by atoms with E-state index in [9.17, 15) is 9.59 Å². The minimum absolute atomic E-state index is 0.00920. The Morgan fingerprint density at radius 2 is 1.38 bits per heavy atom. The van der Waals surface area contributed by atoms with E-state index in [0.29, 0.717) is 52.8 Å². The van der Waals surface area contributed by atoms with E-state index in [0.717, 1.165) is 0 Å². The topological polar surface area (TPSA) is 113 Å². The number of rotatable bonds is 16. The molecule has 0 bridgehead atoms. The number of aliphatic carboxylic acids is 1. The van der Waals surface area contributed by atoms with Gasteiger partial charge in [-0.2, -0.15) is 0 Å². The number of carboxylic acids is 1. The summed E-state index contributed by atoms with van der Waals surface area (Å²) in [5.41, 5.74) is 0. The van der Waals surface area contributed by atoms with Crippen LogP contribution in [-0.2, 0) is 28.5 Å². The predicted molar refractivity (Wildman–Crippen MR) is 83.7 cm³/mol. The van der Waals surface area contributed by atoms with Gasteiger partial charge < -0.3 is 34.1 Å². The highest BCUT2D eigenvalue weighted by Gasteiger charge is 1.99. The lowest BCUT2D eigenvalue weighted by Gasteiger charge is -2.08. The number of amides is 1. The van der Waals surface area contributed by atoms with Crippen LogP contribution < -0.4 is 5.32 Å². The fourth-order valence-corrected chi connectivity index (χ4v) is 1.30. The summed E-state index contributed by atoms with van der Waals surface area (Å²) < 4.78 is 25.4. The standard InChI is InChI=1S/C15H25NO8/c1-2-5-24-15(19)16-4-7-21-9-11-23-13-12-22-10-8-20-6-3-14(17)18/h1H,3-13H2,(H,16,19)(H,17,18). The molecule has 9 nitrogen and oxygen atoms in total. The third-order valence-corrected chi connectivity index (χ3v) is 2.38. The largest absolute Gasteiger partial charge is 0.481 e. The molecule has 0 unspecified atom stereocenters. The fraction of sp³-hybridized carbons (Fsp3) is 0.733. The second-order valence-corrected chi connectivity index (χ2v) is 4.30. The van der Waals surface area contributed by atoms with Gasteiger partial charge in [0.1, 0.15) is 0 Å². The highest BCUT2D eigenvalue weighted by atomic mass is 16.6. The highest BCUT2D eigenvalue weighted by Crippen LogP contribution is 1.85. The molecule has 24 heavy (non-hydrogen) atoms. The maximum absolute atomic E-state index is 11.0. The first-order valence-corrected chi connectivity index (χ1v) is 7.53. The first-order chi connectivity index (χ1) is 11.7. The van der Waals surface area contributed by atoms with Gasteiger partial charge in [-0.1, -0.05) is 5.92 Å². The number of alkyl carbamates (subject to hydrolysis) is 1. The molecule has 0 rings (SSSR count). The molecule has 0 saturated carbocycles. The van der Waals surface area contributed by atoms with Crippen molar-refractivity contribution < 1.29 is 38.4 Å². The van der Waals surface area contributed by atoms with E-state index in [1.165, 1.54) is 0 Å². The zero-order chi connectivity index (χ0) is 17.9. The Bertz CT molecular complexity index is 369. The minimum atomic E-state index is -0.883. The number of carbonyl (C=O) groups is 2. The van der Waals surface area contributed by atoms with Crippen LogP contribution in [0.1, 0.15) is 6.42 Å². The van der Waals surface area contributed by atoms with Gasteiger partial charge in [-0.05, 0) is 0 Å². The molecule has 0 aliphatic rings. The van der Waals surface area contributed by atoms with Crippen molar-refractivity contribution in [2.24, 2.45) is 0 Å². The van der Waals surface area contributed by atoms with Crippen LogP contribution in [0.4, 0.5) is 4.79 Å². The number of ether oxygens (including phenoxy) is 5. The molecule has 9 heteroatoms. The lowest BCUT2D eigenvalue weighted by molar-refractivity contribution is -0.138. The molecule has 0 aromatic rings. The molecule has 0 heterocycles. The minimum Gasteiger partial charge on any atom is -0.481 e. The second-order valence-electron chi connectivity index (χ2n) is 4.30. The van der Waals surface area contributed by atoms with Crippen LogP contribution >= 0.6 is 0 Å². The summed E-state index contributed by atoms with van der Waals surface area (Å²) in [6, 6.07) is 0. The lowest BCUT2D eigenvalue weighted by atomic mass is 10.5. The molecule has 0 atom stereocenters. The molecule has 1 amide bonds. The molecule has 0 aliphatic heterocycles. The van der Waals surface area contributed by atoms with Crippen LogP contribution in [0, 0.1) is 12.3 Å². The van der Waals surface area contributed by atoms with Crippen molar-refractivity contribution >= 4 is 12.1 Å². The first kappa shape index (κ1) is 22.1. The van der Waals surface area contributed by atoms with Gasteiger partial charge in [0, 0.05) is 6.54 Å². The molecule has 0 aromatic heterocycles. The van der Waals surface area contributed by atoms with Gasteiger partial charge in [-0.15, -0.1) is 6.42 Å². The Morgan fingerprint density at radius 1 is 0.875 bits per heavy atom. The molecule has 0 fully saturated rings. The summed E-state index contributed by atoms with van der Waals surface area (Å²) in [5.74, 6) is 1.30. The van der Waals surface area contributed by atoms with E-state index in [1.807, 2.05) is 0 Å². The van der Waals surface area contributed by atoms with Gasteiger partial charge in [-0.25, -0.2) is 4.79 Å². The summed E-state index contributed by atoms with van der Waals surface area (Å²) >= 11 is 0. The second kappa shape index (κ2) is 17.5. The molecular weight excluding hydrogens is 322 g/mol. The smallest absolute Gasteiger partial charge is 0.408 e. The van der Waals surface area contributed by atoms with Gasteiger partial charge >= 0.3 is 12.1 Å². The number of nitrogens with one attached hydrogen (secondary N) is 1. The molecule has 0 aliphatic carbocycles. The number of carboxylic acid groups (broad SMARTS) is 1. The van der Waals surface area contributed by atoms with Crippen molar-refractivity contribution in [2.75, 3.05) is 66.0 Å². The first-order valence-electron chi connectivity index (χ1n) is 7.53. The number of hydrogen-bond donors (Lipinski definition) is 2. The van der Waals surface area contributed by atoms with E-state index in [4.69, 9.17) is 30.5 Å². The Morgan fingerprint density at radius 3 is 1.88 bits per heavy atom. The van der Waals surface area contributed by atoms with Crippen molar-refractivity contribution in [2.45, 2.75) is 6.42 Å². The monoisotopic (exact) mass is 347 g/mol. The zero-order valence-corrected chi connectivity index (χ0v) is 13.7. The third-order valence-electron chi connectivity index (χ3n) is 2.38. The number of terminal acetylenes is 1. The molecular formula is C15H25NO8. The van der Waals surface area contributed by atoms with Crippen LogP contribution in [0.15, 0.2) is 0 Å². The van der Waals surface area contributed by atoms with Crippen molar-refractivity contribution in [3.05, 3.63) is 0 Å². The fourth-order valence-electron chi connectivity index (χ4n) is 1.30. The van der Waals surface area contributed by atoms with Crippen LogP contribution in [0.25, 0.3) is 0 Å². The Kier molecular flexibility index (Phi) is 16.1. The van der Waals surface area contributed by atoms with Crippen molar-refractivity contribution in [1.82, 2.24) is 5.32 Å². The van der Waals surface area contributed by atoms with Gasteiger partial charge in [0.15, 0.2) is 6.61 Å². The van der Waals surface area contributed by atoms with Crippen molar-refractivity contribution in [3.63, 3.8) is 0 Å². The van der Waals surface area contributed by atoms with E-state index >= 15 is 0 Å².